The van der Waals surface area contributed by atoms with Crippen LogP contribution in [0.3, 0.4) is 0 Å². The van der Waals surface area contributed by atoms with Gasteiger partial charge < -0.3 is 4.98 Å². The van der Waals surface area contributed by atoms with E-state index < -0.39 is 0 Å². The number of benzene rings is 1. The molecule has 0 unspecified atom stereocenters. The molecule has 2 aromatic rings. The summed E-state index contributed by atoms with van der Waals surface area (Å²) >= 11 is 9.10. The van der Waals surface area contributed by atoms with Crippen LogP contribution in [0.15, 0.2) is 33.5 Å². The summed E-state index contributed by atoms with van der Waals surface area (Å²) in [5, 5.41) is 0. The van der Waals surface area contributed by atoms with Crippen LogP contribution in [0.4, 0.5) is 0 Å². The van der Waals surface area contributed by atoms with Gasteiger partial charge in [-0.2, -0.15) is 0 Å². The Morgan fingerprint density at radius 2 is 2.18 bits per heavy atom. The molecular weight excluding hydrogens is 304 g/mol. The van der Waals surface area contributed by atoms with Crippen molar-refractivity contribution in [1.29, 1.82) is 0 Å². The summed E-state index contributed by atoms with van der Waals surface area (Å²) < 4.78 is 0.995. The zero-order valence-electron chi connectivity index (χ0n) is 9.13. The first-order valence-corrected chi connectivity index (χ1v) is 6.35. The second-order valence-corrected chi connectivity index (χ2v) is 4.86. The first-order chi connectivity index (χ1) is 8.10. The van der Waals surface area contributed by atoms with Crippen LogP contribution in [0.25, 0.3) is 11.4 Å². The maximum atomic E-state index is 11.5. The zero-order chi connectivity index (χ0) is 12.4. The third-order valence-corrected chi connectivity index (χ3v) is 3.14. The van der Waals surface area contributed by atoms with Crippen molar-refractivity contribution in [2.75, 3.05) is 0 Å². The fraction of sp³-hybridized carbons (Fsp3) is 0.167. The summed E-state index contributed by atoms with van der Waals surface area (Å²) in [6, 6.07) is 7.21. The second-order valence-electron chi connectivity index (χ2n) is 3.68. The average molecular weight is 314 g/mol. The van der Waals surface area contributed by atoms with Crippen molar-refractivity contribution in [3.63, 3.8) is 0 Å². The van der Waals surface area contributed by atoms with E-state index in [9.17, 15) is 4.79 Å². The highest BCUT2D eigenvalue weighted by atomic mass is 79.9. The van der Waals surface area contributed by atoms with Gasteiger partial charge in [0, 0.05) is 16.1 Å². The van der Waals surface area contributed by atoms with E-state index in [-0.39, 0.29) is 11.4 Å². The van der Waals surface area contributed by atoms with Crippen molar-refractivity contribution in [2.45, 2.75) is 12.8 Å². The van der Waals surface area contributed by atoms with Gasteiger partial charge in [-0.15, -0.1) is 11.6 Å². The SMILES string of the molecule is Cc1cc(Br)ccc1-c1nc(CCl)cc(=O)[nH]1. The number of hydrogen-bond donors (Lipinski definition) is 1. The normalized spacial score (nSPS) is 10.5. The Kier molecular flexibility index (Phi) is 3.64. The lowest BCUT2D eigenvalue weighted by Gasteiger charge is -2.06. The molecule has 0 amide bonds. The van der Waals surface area contributed by atoms with Gasteiger partial charge in [0.25, 0.3) is 5.56 Å². The van der Waals surface area contributed by atoms with Crippen LogP contribution >= 0.6 is 27.5 Å². The van der Waals surface area contributed by atoms with E-state index in [4.69, 9.17) is 11.6 Å². The first kappa shape index (κ1) is 12.3. The second kappa shape index (κ2) is 5.02. The molecule has 1 aromatic heterocycles. The van der Waals surface area contributed by atoms with E-state index in [1.165, 1.54) is 6.07 Å². The van der Waals surface area contributed by atoms with Crippen LogP contribution in [0.1, 0.15) is 11.3 Å². The molecule has 5 heteroatoms. The maximum absolute atomic E-state index is 11.5. The van der Waals surface area contributed by atoms with Crippen LogP contribution in [-0.4, -0.2) is 9.97 Å². The standard InChI is InChI=1S/C12H10BrClN2O/c1-7-4-8(13)2-3-10(7)12-15-9(6-14)5-11(17)16-12/h2-5H,6H2,1H3,(H,15,16,17). The molecule has 0 atom stereocenters. The number of aryl methyl sites for hydroxylation is 1. The molecule has 0 fully saturated rings. The number of aromatic nitrogens is 2. The van der Waals surface area contributed by atoms with Gasteiger partial charge in [0.2, 0.25) is 0 Å². The van der Waals surface area contributed by atoms with Gasteiger partial charge in [-0.3, -0.25) is 4.79 Å². The molecule has 1 heterocycles. The zero-order valence-corrected chi connectivity index (χ0v) is 11.5. The summed E-state index contributed by atoms with van der Waals surface area (Å²) in [7, 11) is 0. The predicted molar refractivity (Wildman–Crippen MR) is 72.3 cm³/mol. The molecule has 0 bridgehead atoms. The molecule has 0 saturated carbocycles. The minimum atomic E-state index is -0.187. The number of nitrogens with one attached hydrogen (secondary N) is 1. The van der Waals surface area contributed by atoms with E-state index >= 15 is 0 Å². The van der Waals surface area contributed by atoms with E-state index in [0.29, 0.717) is 11.5 Å². The molecule has 1 aromatic carbocycles. The van der Waals surface area contributed by atoms with Crippen molar-refractivity contribution in [3.05, 3.63) is 50.3 Å². The van der Waals surface area contributed by atoms with Crippen LogP contribution in [-0.2, 0) is 5.88 Å². The van der Waals surface area contributed by atoms with E-state index in [0.717, 1.165) is 15.6 Å². The number of aromatic amines is 1. The van der Waals surface area contributed by atoms with Crippen molar-refractivity contribution in [2.24, 2.45) is 0 Å². The third-order valence-electron chi connectivity index (χ3n) is 2.38. The highest BCUT2D eigenvalue weighted by Crippen LogP contribution is 2.22. The van der Waals surface area contributed by atoms with Crippen LogP contribution in [0, 0.1) is 6.92 Å². The van der Waals surface area contributed by atoms with Gasteiger partial charge in [0.05, 0.1) is 11.6 Å². The third kappa shape index (κ3) is 2.76. The summed E-state index contributed by atoms with van der Waals surface area (Å²) in [6.07, 6.45) is 0. The molecule has 3 nitrogen and oxygen atoms in total. The van der Waals surface area contributed by atoms with Gasteiger partial charge in [0.1, 0.15) is 5.82 Å². The smallest absolute Gasteiger partial charge is 0.251 e. The topological polar surface area (TPSA) is 45.8 Å². The highest BCUT2D eigenvalue weighted by Gasteiger charge is 2.06. The predicted octanol–water partition coefficient (Wildman–Crippen LogP) is 3.25. The number of rotatable bonds is 2. The summed E-state index contributed by atoms with van der Waals surface area (Å²) in [6.45, 7) is 1.97. The number of alkyl halides is 1. The molecule has 0 aliphatic heterocycles. The lowest BCUT2D eigenvalue weighted by molar-refractivity contribution is 1.06. The monoisotopic (exact) mass is 312 g/mol. The van der Waals surface area contributed by atoms with Gasteiger partial charge >= 0.3 is 0 Å². The van der Waals surface area contributed by atoms with Crippen LogP contribution in [0.2, 0.25) is 0 Å². The number of H-pyrrole nitrogens is 1. The van der Waals surface area contributed by atoms with Crippen molar-refractivity contribution >= 4 is 27.5 Å². The van der Waals surface area contributed by atoms with Gasteiger partial charge in [-0.25, -0.2) is 4.98 Å². The Morgan fingerprint density at radius 3 is 2.82 bits per heavy atom. The molecule has 0 aliphatic rings. The molecule has 88 valence electrons. The molecule has 2 rings (SSSR count). The minimum Gasteiger partial charge on any atom is -0.307 e. The number of halogens is 2. The Bertz CT molecular complexity index is 610. The fourth-order valence-electron chi connectivity index (χ4n) is 1.60. The number of nitrogens with zero attached hydrogens (tertiary/aromatic N) is 1. The first-order valence-electron chi connectivity index (χ1n) is 5.03. The van der Waals surface area contributed by atoms with Crippen molar-refractivity contribution in [1.82, 2.24) is 9.97 Å². The Morgan fingerprint density at radius 1 is 1.41 bits per heavy atom. The highest BCUT2D eigenvalue weighted by molar-refractivity contribution is 9.10. The average Bonchev–Trinajstić information content (AvgIpc) is 2.28. The molecule has 1 N–H and O–H groups in total. The fourth-order valence-corrected chi connectivity index (χ4v) is 2.21. The lowest BCUT2D eigenvalue weighted by atomic mass is 10.1. The Balaban J connectivity index is 2.60. The summed E-state index contributed by atoms with van der Waals surface area (Å²) in [5.41, 5.74) is 2.33. The van der Waals surface area contributed by atoms with Crippen molar-refractivity contribution < 1.29 is 0 Å². The largest absolute Gasteiger partial charge is 0.307 e. The van der Waals surface area contributed by atoms with Gasteiger partial charge in [-0.1, -0.05) is 15.9 Å². The van der Waals surface area contributed by atoms with Crippen molar-refractivity contribution in [3.8, 4) is 11.4 Å². The van der Waals surface area contributed by atoms with E-state index in [2.05, 4.69) is 25.9 Å². The molecule has 0 aliphatic carbocycles. The Labute approximate surface area is 112 Å². The van der Waals surface area contributed by atoms with E-state index in [1.807, 2.05) is 25.1 Å². The van der Waals surface area contributed by atoms with E-state index in [1.54, 1.807) is 0 Å². The molecular formula is C12H10BrClN2O. The molecule has 0 radical (unpaired) electrons. The number of hydrogen-bond acceptors (Lipinski definition) is 2. The van der Waals surface area contributed by atoms with Gasteiger partial charge in [0.15, 0.2) is 0 Å². The maximum Gasteiger partial charge on any atom is 0.251 e. The van der Waals surface area contributed by atoms with Crippen LogP contribution in [0.5, 0.6) is 0 Å². The lowest BCUT2D eigenvalue weighted by Crippen LogP contribution is -2.10. The van der Waals surface area contributed by atoms with Gasteiger partial charge in [-0.05, 0) is 30.7 Å². The molecule has 0 saturated heterocycles. The molecule has 0 spiro atoms. The van der Waals surface area contributed by atoms with Crippen LogP contribution < -0.4 is 5.56 Å². The Hall–Kier alpha value is -1.13. The summed E-state index contributed by atoms with van der Waals surface area (Å²) in [5.74, 6) is 0.783. The minimum absolute atomic E-state index is 0.187. The quantitative estimate of drug-likeness (QED) is 0.865. The molecule has 17 heavy (non-hydrogen) atoms. The summed E-state index contributed by atoms with van der Waals surface area (Å²) in [4.78, 5) is 18.5.